The Morgan fingerprint density at radius 2 is 1.71 bits per heavy atom. The third-order valence-electron chi connectivity index (χ3n) is 7.34. The molecule has 1 aliphatic rings. The van der Waals surface area contributed by atoms with E-state index in [4.69, 9.17) is 0 Å². The Bertz CT molecular complexity index is 1280. The Hall–Kier alpha value is -3.22. The molecule has 1 aromatic heterocycles. The van der Waals surface area contributed by atoms with Crippen molar-refractivity contribution in [3.8, 4) is 11.4 Å². The van der Waals surface area contributed by atoms with Crippen molar-refractivity contribution < 1.29 is 17.6 Å². The van der Waals surface area contributed by atoms with Gasteiger partial charge in [-0.2, -0.15) is 13.2 Å². The molecule has 7 heteroatoms. The second-order valence-corrected chi connectivity index (χ2v) is 9.98. The van der Waals surface area contributed by atoms with Gasteiger partial charge in [0.15, 0.2) is 5.82 Å². The molecule has 3 nitrogen and oxygen atoms in total. The number of nitrogens with zero attached hydrogens (tertiary/aromatic N) is 2. The van der Waals surface area contributed by atoms with E-state index in [9.17, 15) is 13.2 Å². The summed E-state index contributed by atoms with van der Waals surface area (Å²) in [7, 11) is 0. The van der Waals surface area contributed by atoms with Crippen LogP contribution in [0.1, 0.15) is 92.7 Å². The van der Waals surface area contributed by atoms with Crippen molar-refractivity contribution in [2.75, 3.05) is 5.32 Å². The van der Waals surface area contributed by atoms with E-state index in [1.54, 1.807) is 12.1 Å². The Labute approximate surface area is 222 Å². The molecule has 0 aliphatic heterocycles. The van der Waals surface area contributed by atoms with Gasteiger partial charge in [0.2, 0.25) is 0 Å². The molecule has 3 aromatic rings. The zero-order valence-corrected chi connectivity index (χ0v) is 22.1. The molecule has 1 heterocycles. The lowest BCUT2D eigenvalue weighted by molar-refractivity contribution is -0.137. The highest BCUT2D eigenvalue weighted by atomic mass is 19.4. The standard InChI is InChI=1S/C31H35F4N3/c1-4-13-21(5-2)28-22(16-12-18-26(28)32)20(3)36-30-24-15-8-6-7-9-19-27(24)37-29(38-30)23-14-10-11-17-25(23)31(33,34)35/h10-12,14,16-18,21H,3-9,13,15,19H2,1-2H3,(H,36,37,38). The summed E-state index contributed by atoms with van der Waals surface area (Å²) in [6.45, 7) is 8.36. The van der Waals surface area contributed by atoms with Gasteiger partial charge in [-0.25, -0.2) is 14.4 Å². The van der Waals surface area contributed by atoms with Crippen LogP contribution in [0.5, 0.6) is 0 Å². The molecule has 0 saturated heterocycles. The van der Waals surface area contributed by atoms with Crippen molar-refractivity contribution in [1.29, 1.82) is 0 Å². The summed E-state index contributed by atoms with van der Waals surface area (Å²) in [6.07, 6.45) is 3.38. The minimum absolute atomic E-state index is 0.0319. The summed E-state index contributed by atoms with van der Waals surface area (Å²) in [4.78, 5) is 9.30. The zero-order chi connectivity index (χ0) is 27.3. The summed E-state index contributed by atoms with van der Waals surface area (Å²) >= 11 is 0. The van der Waals surface area contributed by atoms with Crippen molar-refractivity contribution >= 4 is 11.5 Å². The number of rotatable bonds is 8. The second-order valence-electron chi connectivity index (χ2n) is 9.98. The average Bonchev–Trinajstić information content (AvgIpc) is 2.87. The molecule has 38 heavy (non-hydrogen) atoms. The summed E-state index contributed by atoms with van der Waals surface area (Å²) < 4.78 is 56.7. The van der Waals surface area contributed by atoms with E-state index in [2.05, 4.69) is 28.8 Å². The number of anilines is 1. The van der Waals surface area contributed by atoms with Gasteiger partial charge >= 0.3 is 6.18 Å². The Balaban J connectivity index is 1.82. The SMILES string of the molecule is C=C(Nc1nc(-c2ccccc2C(F)(F)F)nc2c1CCCCCC2)c1cccc(F)c1C(CC)CCC. The molecule has 0 radical (unpaired) electrons. The van der Waals surface area contributed by atoms with Crippen LogP contribution in [0.3, 0.4) is 0 Å². The van der Waals surface area contributed by atoms with Crippen LogP contribution in [0.2, 0.25) is 0 Å². The molecule has 1 N–H and O–H groups in total. The molecule has 0 fully saturated rings. The maximum absolute atomic E-state index is 15.1. The van der Waals surface area contributed by atoms with E-state index in [0.29, 0.717) is 29.1 Å². The molecule has 0 amide bonds. The predicted molar refractivity (Wildman–Crippen MR) is 145 cm³/mol. The Morgan fingerprint density at radius 1 is 0.974 bits per heavy atom. The third kappa shape index (κ3) is 6.08. The number of alkyl halides is 3. The van der Waals surface area contributed by atoms with E-state index < -0.39 is 11.7 Å². The summed E-state index contributed by atoms with van der Waals surface area (Å²) in [6, 6.07) is 10.4. The number of nitrogens with one attached hydrogen (secondary N) is 1. The van der Waals surface area contributed by atoms with Crippen molar-refractivity contribution in [2.45, 2.75) is 83.7 Å². The van der Waals surface area contributed by atoms with Crippen molar-refractivity contribution in [3.63, 3.8) is 0 Å². The van der Waals surface area contributed by atoms with Gasteiger partial charge in [-0.15, -0.1) is 0 Å². The highest BCUT2D eigenvalue weighted by molar-refractivity contribution is 5.78. The van der Waals surface area contributed by atoms with Crippen LogP contribution in [-0.2, 0) is 19.0 Å². The summed E-state index contributed by atoms with van der Waals surface area (Å²) in [5.41, 5.74) is 2.60. The highest BCUT2D eigenvalue weighted by Gasteiger charge is 2.34. The number of benzene rings is 2. The van der Waals surface area contributed by atoms with E-state index in [1.165, 1.54) is 18.2 Å². The summed E-state index contributed by atoms with van der Waals surface area (Å²) in [5, 5.41) is 3.30. The number of fused-ring (bicyclic) bond motifs is 1. The Morgan fingerprint density at radius 3 is 2.42 bits per heavy atom. The maximum atomic E-state index is 15.1. The number of hydrogen-bond donors (Lipinski definition) is 1. The van der Waals surface area contributed by atoms with Crippen LogP contribution in [0, 0.1) is 5.82 Å². The van der Waals surface area contributed by atoms with Gasteiger partial charge in [0, 0.05) is 33.6 Å². The van der Waals surface area contributed by atoms with Gasteiger partial charge in [0.25, 0.3) is 0 Å². The van der Waals surface area contributed by atoms with Crippen molar-refractivity contribution in [1.82, 2.24) is 9.97 Å². The molecular weight excluding hydrogens is 490 g/mol. The lowest BCUT2D eigenvalue weighted by atomic mass is 9.87. The summed E-state index contributed by atoms with van der Waals surface area (Å²) in [5.74, 6) is 0.246. The Kier molecular flexibility index (Phi) is 8.85. The van der Waals surface area contributed by atoms with Gasteiger partial charge in [-0.1, -0.05) is 70.0 Å². The molecule has 1 aliphatic carbocycles. The topological polar surface area (TPSA) is 37.8 Å². The quantitative estimate of drug-likeness (QED) is 0.298. The number of aromatic nitrogens is 2. The van der Waals surface area contributed by atoms with E-state index >= 15 is 4.39 Å². The van der Waals surface area contributed by atoms with Gasteiger partial charge in [0.05, 0.1) is 5.56 Å². The van der Waals surface area contributed by atoms with Crippen LogP contribution in [0.25, 0.3) is 17.1 Å². The van der Waals surface area contributed by atoms with Crippen LogP contribution >= 0.6 is 0 Å². The van der Waals surface area contributed by atoms with Crippen molar-refractivity contribution in [2.24, 2.45) is 0 Å². The fourth-order valence-electron chi connectivity index (χ4n) is 5.42. The predicted octanol–water partition coefficient (Wildman–Crippen LogP) is 9.34. The van der Waals surface area contributed by atoms with Gasteiger partial charge in [0.1, 0.15) is 11.6 Å². The van der Waals surface area contributed by atoms with Gasteiger partial charge in [-0.3, -0.25) is 0 Å². The number of aryl methyl sites for hydroxylation is 1. The largest absolute Gasteiger partial charge is 0.417 e. The molecule has 0 bridgehead atoms. The average molecular weight is 526 g/mol. The minimum atomic E-state index is -4.54. The second kappa shape index (κ2) is 12.1. The molecule has 0 saturated carbocycles. The van der Waals surface area contributed by atoms with E-state index in [-0.39, 0.29) is 23.1 Å². The first-order valence-electron chi connectivity index (χ1n) is 13.6. The minimum Gasteiger partial charge on any atom is -0.340 e. The lowest BCUT2D eigenvalue weighted by Gasteiger charge is -2.23. The van der Waals surface area contributed by atoms with Crippen LogP contribution < -0.4 is 5.32 Å². The highest BCUT2D eigenvalue weighted by Crippen LogP contribution is 2.38. The van der Waals surface area contributed by atoms with Gasteiger partial charge in [-0.05, 0) is 56.6 Å². The molecule has 2 aromatic carbocycles. The first kappa shape index (κ1) is 27.8. The monoisotopic (exact) mass is 525 g/mol. The first-order chi connectivity index (χ1) is 18.2. The first-order valence-corrected chi connectivity index (χ1v) is 13.6. The smallest absolute Gasteiger partial charge is 0.340 e. The lowest BCUT2D eigenvalue weighted by Crippen LogP contribution is -2.14. The zero-order valence-electron chi connectivity index (χ0n) is 22.1. The van der Waals surface area contributed by atoms with Crippen LogP contribution in [-0.4, -0.2) is 9.97 Å². The van der Waals surface area contributed by atoms with E-state index in [1.807, 2.05) is 13.0 Å². The number of hydrogen-bond acceptors (Lipinski definition) is 3. The van der Waals surface area contributed by atoms with Crippen LogP contribution in [0.15, 0.2) is 49.0 Å². The molecule has 0 spiro atoms. The maximum Gasteiger partial charge on any atom is 0.417 e. The fraction of sp³-hybridized carbons (Fsp3) is 0.419. The van der Waals surface area contributed by atoms with E-state index in [0.717, 1.165) is 68.7 Å². The molecule has 202 valence electrons. The molecular formula is C31H35F4N3. The number of halogens is 4. The molecule has 4 rings (SSSR count). The van der Waals surface area contributed by atoms with Gasteiger partial charge < -0.3 is 5.32 Å². The molecule has 1 atom stereocenters. The third-order valence-corrected chi connectivity index (χ3v) is 7.34. The molecule has 1 unspecified atom stereocenters. The van der Waals surface area contributed by atoms with Crippen LogP contribution in [0.4, 0.5) is 23.4 Å². The van der Waals surface area contributed by atoms with Crippen molar-refractivity contribution in [3.05, 3.63) is 82.8 Å². The fourth-order valence-corrected chi connectivity index (χ4v) is 5.42. The normalized spacial score (nSPS) is 14.8.